The van der Waals surface area contributed by atoms with Crippen molar-refractivity contribution in [2.45, 2.75) is 57.1 Å². The molecule has 1 aliphatic rings. The number of pyridine rings is 1. The Balaban J connectivity index is 1.36. The fourth-order valence-electron chi connectivity index (χ4n) is 5.18. The highest BCUT2D eigenvalue weighted by Gasteiger charge is 2.44. The number of halogens is 2. The van der Waals surface area contributed by atoms with Gasteiger partial charge in [-0.15, -0.1) is 11.3 Å². The zero-order valence-corrected chi connectivity index (χ0v) is 25.8. The first-order chi connectivity index (χ1) is 19.2. The molecule has 0 saturated heterocycles. The minimum Gasteiger partial charge on any atom is -0.481 e. The topological polar surface area (TPSA) is 50.2 Å². The number of benzene rings is 2. The van der Waals surface area contributed by atoms with Gasteiger partial charge in [-0.05, 0) is 77.5 Å². The van der Waals surface area contributed by atoms with Crippen LogP contribution < -0.4 is 0 Å². The van der Waals surface area contributed by atoms with E-state index in [0.29, 0.717) is 15.3 Å². The summed E-state index contributed by atoms with van der Waals surface area (Å²) in [4.78, 5) is 16.2. The van der Waals surface area contributed by atoms with Crippen LogP contribution in [0.1, 0.15) is 78.6 Å². The lowest BCUT2D eigenvalue weighted by atomic mass is 9.93. The van der Waals surface area contributed by atoms with Crippen molar-refractivity contribution < 1.29 is 9.90 Å². The summed E-state index contributed by atoms with van der Waals surface area (Å²) in [5, 5.41) is 10.2. The number of hydrogen-bond donors (Lipinski definition) is 1. The number of aromatic nitrogens is 1. The predicted octanol–water partition coefficient (Wildman–Crippen LogP) is 10.6. The van der Waals surface area contributed by atoms with Crippen LogP contribution in [0.2, 0.25) is 9.36 Å². The van der Waals surface area contributed by atoms with Crippen molar-refractivity contribution in [1.82, 2.24) is 4.98 Å². The summed E-state index contributed by atoms with van der Waals surface area (Å²) in [7, 11) is 0. The van der Waals surface area contributed by atoms with E-state index in [4.69, 9.17) is 28.2 Å². The highest BCUT2D eigenvalue weighted by molar-refractivity contribution is 7.99. The second-order valence-electron chi connectivity index (χ2n) is 11.0. The van der Waals surface area contributed by atoms with E-state index in [2.05, 4.69) is 68.5 Å². The molecule has 0 radical (unpaired) electrons. The van der Waals surface area contributed by atoms with E-state index in [9.17, 15) is 9.90 Å². The van der Waals surface area contributed by atoms with Crippen LogP contribution in [0.4, 0.5) is 0 Å². The number of rotatable bonds is 12. The molecule has 4 aromatic rings. The number of fused-ring (bicyclic) bond motifs is 1. The lowest BCUT2D eigenvalue weighted by Gasteiger charge is -2.22. The van der Waals surface area contributed by atoms with Crippen LogP contribution in [0, 0.1) is 5.41 Å². The molecule has 0 amide bonds. The average molecular weight is 611 g/mol. The minimum atomic E-state index is -0.689. The summed E-state index contributed by atoms with van der Waals surface area (Å²) in [5.41, 5.74) is 6.71. The molecule has 0 unspecified atom stereocenters. The van der Waals surface area contributed by atoms with Gasteiger partial charge >= 0.3 is 5.97 Å². The average Bonchev–Trinajstić information content (AvgIpc) is 3.64. The van der Waals surface area contributed by atoms with E-state index in [1.54, 1.807) is 0 Å². The SMILES string of the molecule is CC(C)c1ccccc1CC[C@@H](SCC1(CC(=O)O)CC1)c1cccc(/C=C/c2ccc3sc(Cl)c(Cl)c3n2)c1. The summed E-state index contributed by atoms with van der Waals surface area (Å²) >= 11 is 15.9. The molecule has 0 spiro atoms. The number of carbonyl (C=O) groups is 1. The number of hydrogen-bond acceptors (Lipinski definition) is 4. The van der Waals surface area contributed by atoms with Gasteiger partial charge in [0, 0.05) is 11.0 Å². The second-order valence-corrected chi connectivity index (χ2v) is 14.3. The molecule has 2 heterocycles. The number of aryl methyl sites for hydroxylation is 1. The molecule has 1 aliphatic carbocycles. The van der Waals surface area contributed by atoms with Gasteiger partial charge in [0.1, 0.15) is 9.85 Å². The lowest BCUT2D eigenvalue weighted by molar-refractivity contribution is -0.138. The smallest absolute Gasteiger partial charge is 0.303 e. The van der Waals surface area contributed by atoms with E-state index in [1.165, 1.54) is 28.0 Å². The van der Waals surface area contributed by atoms with Gasteiger partial charge in [0.2, 0.25) is 0 Å². The van der Waals surface area contributed by atoms with Crippen LogP contribution in [-0.2, 0) is 11.2 Å². The fourth-order valence-corrected chi connectivity index (χ4v) is 8.16. The molecule has 2 aromatic heterocycles. The maximum absolute atomic E-state index is 11.5. The van der Waals surface area contributed by atoms with Gasteiger partial charge in [-0.2, -0.15) is 11.8 Å². The number of thioether (sulfide) groups is 1. The monoisotopic (exact) mass is 609 g/mol. The van der Waals surface area contributed by atoms with Crippen LogP contribution in [0.15, 0.2) is 60.7 Å². The van der Waals surface area contributed by atoms with Gasteiger partial charge < -0.3 is 5.11 Å². The zero-order chi connectivity index (χ0) is 28.3. The van der Waals surface area contributed by atoms with E-state index in [1.807, 2.05) is 30.0 Å². The number of carboxylic acid groups (broad SMARTS) is 1. The van der Waals surface area contributed by atoms with E-state index in [0.717, 1.165) is 52.9 Å². The summed E-state index contributed by atoms with van der Waals surface area (Å²) < 4.78 is 1.54. The van der Waals surface area contributed by atoms with Crippen LogP contribution >= 0.6 is 46.3 Å². The minimum absolute atomic E-state index is 0.0434. The van der Waals surface area contributed by atoms with E-state index in [-0.39, 0.29) is 17.1 Å². The number of thiophene rings is 1. The summed E-state index contributed by atoms with van der Waals surface area (Å²) in [5.74, 6) is 0.670. The first-order valence-corrected chi connectivity index (χ1v) is 16.3. The third kappa shape index (κ3) is 7.12. The van der Waals surface area contributed by atoms with Gasteiger partial charge in [0.15, 0.2) is 0 Å². The van der Waals surface area contributed by atoms with Crippen molar-refractivity contribution in [2.24, 2.45) is 5.41 Å². The third-order valence-corrected chi connectivity index (χ3v) is 11.2. The molecule has 3 nitrogen and oxygen atoms in total. The second kappa shape index (κ2) is 12.7. The first kappa shape index (κ1) is 29.2. The molecular formula is C33H33Cl2NO2S2. The van der Waals surface area contributed by atoms with Gasteiger partial charge in [-0.3, -0.25) is 4.79 Å². The van der Waals surface area contributed by atoms with Gasteiger partial charge in [-0.25, -0.2) is 4.98 Å². The highest BCUT2D eigenvalue weighted by Crippen LogP contribution is 2.53. The maximum Gasteiger partial charge on any atom is 0.303 e. The molecule has 1 atom stereocenters. The predicted molar refractivity (Wildman–Crippen MR) is 173 cm³/mol. The molecule has 0 aliphatic heterocycles. The van der Waals surface area contributed by atoms with Crippen molar-refractivity contribution in [1.29, 1.82) is 0 Å². The molecule has 1 N–H and O–H groups in total. The molecule has 40 heavy (non-hydrogen) atoms. The maximum atomic E-state index is 11.5. The molecule has 0 bridgehead atoms. The molecule has 1 fully saturated rings. The molecule has 208 valence electrons. The van der Waals surface area contributed by atoms with Crippen LogP contribution in [-0.4, -0.2) is 21.8 Å². The van der Waals surface area contributed by atoms with Crippen LogP contribution in [0.5, 0.6) is 0 Å². The van der Waals surface area contributed by atoms with Crippen molar-refractivity contribution in [3.05, 3.63) is 98.0 Å². The first-order valence-electron chi connectivity index (χ1n) is 13.7. The molecule has 2 aromatic carbocycles. The third-order valence-electron chi connectivity index (χ3n) is 7.62. The lowest BCUT2D eigenvalue weighted by Crippen LogP contribution is -2.12. The number of nitrogens with zero attached hydrogens (tertiary/aromatic N) is 1. The van der Waals surface area contributed by atoms with Crippen molar-refractivity contribution >= 4 is 74.6 Å². The summed E-state index contributed by atoms with van der Waals surface area (Å²) in [6.45, 7) is 4.49. The molecule has 7 heteroatoms. The van der Waals surface area contributed by atoms with Crippen molar-refractivity contribution in [3.8, 4) is 0 Å². The van der Waals surface area contributed by atoms with E-state index >= 15 is 0 Å². The normalized spacial score (nSPS) is 15.2. The van der Waals surface area contributed by atoms with Crippen molar-refractivity contribution in [3.63, 3.8) is 0 Å². The van der Waals surface area contributed by atoms with Gasteiger partial charge in [-0.1, -0.05) is 91.7 Å². The molecular weight excluding hydrogens is 577 g/mol. The Labute approximate surface area is 254 Å². The number of aliphatic carboxylic acids is 1. The fraction of sp³-hybridized carbons (Fsp3) is 0.333. The Morgan fingerprint density at radius 3 is 2.65 bits per heavy atom. The Kier molecular flexibility index (Phi) is 9.26. The standard InChI is InChI=1S/C33H33Cl2NO2S2/c1-21(2)26-9-4-3-7-23(26)11-14-27(39-20-33(16-17-33)19-29(37)38)24-8-5-6-22(18-24)10-12-25-13-15-28-31(36-25)30(34)32(35)40-28/h3-10,12-13,15,18,21,27H,11,14,16-17,19-20H2,1-2H3,(H,37,38)/b12-10+/t27-/m1/s1. The van der Waals surface area contributed by atoms with Gasteiger partial charge in [0.25, 0.3) is 0 Å². The van der Waals surface area contributed by atoms with Crippen molar-refractivity contribution in [2.75, 3.05) is 5.75 Å². The van der Waals surface area contributed by atoms with E-state index < -0.39 is 5.97 Å². The zero-order valence-electron chi connectivity index (χ0n) is 22.7. The molecule has 1 saturated carbocycles. The van der Waals surface area contributed by atoms with Crippen LogP contribution in [0.3, 0.4) is 0 Å². The number of carboxylic acids is 1. The quantitative estimate of drug-likeness (QED) is 0.173. The van der Waals surface area contributed by atoms with Crippen LogP contribution in [0.25, 0.3) is 22.4 Å². The summed E-state index contributed by atoms with van der Waals surface area (Å²) in [6.07, 6.45) is 8.37. The van der Waals surface area contributed by atoms with Gasteiger partial charge in [0.05, 0.1) is 21.8 Å². The Bertz CT molecular complexity index is 1540. The summed E-state index contributed by atoms with van der Waals surface area (Å²) in [6, 6.07) is 21.4. The highest BCUT2D eigenvalue weighted by atomic mass is 35.5. The molecule has 5 rings (SSSR count). The largest absolute Gasteiger partial charge is 0.481 e. The Morgan fingerprint density at radius 2 is 1.90 bits per heavy atom. The Hall–Kier alpha value is -2.31. The Morgan fingerprint density at radius 1 is 1.10 bits per heavy atom.